The van der Waals surface area contributed by atoms with Crippen molar-refractivity contribution in [2.24, 2.45) is 10.9 Å². The van der Waals surface area contributed by atoms with Crippen LogP contribution in [0.2, 0.25) is 0 Å². The molecule has 0 radical (unpaired) electrons. The Bertz CT molecular complexity index is 173. The van der Waals surface area contributed by atoms with Crippen molar-refractivity contribution >= 4 is 5.71 Å². The average Bonchev–Trinajstić information content (AvgIpc) is 1.86. The minimum absolute atomic E-state index is 0.818. The van der Waals surface area contributed by atoms with Gasteiger partial charge in [-0.2, -0.15) is 0 Å². The molecule has 0 N–H and O–H groups in total. The molecule has 0 aromatic heterocycles. The molecule has 54 valence electrons. The summed E-state index contributed by atoms with van der Waals surface area (Å²) in [5.74, 6) is 0.818. The molecule has 1 nitrogen and oxygen atoms in total. The van der Waals surface area contributed by atoms with E-state index in [-0.39, 0.29) is 0 Å². The lowest BCUT2D eigenvalue weighted by Crippen LogP contribution is -2.18. The zero-order valence-electron chi connectivity index (χ0n) is 6.21. The highest BCUT2D eigenvalue weighted by atomic mass is 14.8. The zero-order valence-corrected chi connectivity index (χ0v) is 6.21. The topological polar surface area (TPSA) is 12.4 Å². The molecule has 0 aromatic rings. The maximum absolute atomic E-state index is 4.23. The Kier molecular flexibility index (Phi) is 1.58. The quantitative estimate of drug-likeness (QED) is 0.524. The molecular formula is C9H13N. The van der Waals surface area contributed by atoms with Gasteiger partial charge in [-0.25, -0.2) is 0 Å². The van der Waals surface area contributed by atoms with Crippen molar-refractivity contribution in [2.75, 3.05) is 0 Å². The fourth-order valence-electron chi connectivity index (χ4n) is 1.80. The SMILES string of the molecule is C1=CC(C2CCCCC2)=N1. The summed E-state index contributed by atoms with van der Waals surface area (Å²) in [6, 6.07) is 0. The highest BCUT2D eigenvalue weighted by molar-refractivity contribution is 6.01. The smallest absolute Gasteiger partial charge is 0.0449 e. The molecule has 1 fully saturated rings. The molecule has 0 amide bonds. The van der Waals surface area contributed by atoms with E-state index in [0.29, 0.717) is 0 Å². The molecule has 1 heterocycles. The number of nitrogens with zero attached hydrogens (tertiary/aromatic N) is 1. The maximum Gasteiger partial charge on any atom is 0.0449 e. The number of aliphatic imine (C=N–C) groups is 1. The molecule has 0 unspecified atom stereocenters. The van der Waals surface area contributed by atoms with Crippen molar-refractivity contribution < 1.29 is 0 Å². The van der Waals surface area contributed by atoms with E-state index in [1.807, 2.05) is 6.20 Å². The second-order valence-corrected chi connectivity index (χ2v) is 3.20. The molecule has 10 heavy (non-hydrogen) atoms. The molecular weight excluding hydrogens is 122 g/mol. The van der Waals surface area contributed by atoms with Crippen molar-refractivity contribution in [2.45, 2.75) is 32.1 Å². The van der Waals surface area contributed by atoms with Crippen LogP contribution >= 0.6 is 0 Å². The summed E-state index contributed by atoms with van der Waals surface area (Å²) in [5, 5.41) is 0. The third kappa shape index (κ3) is 1.00. The van der Waals surface area contributed by atoms with Crippen LogP contribution in [0.15, 0.2) is 17.3 Å². The van der Waals surface area contributed by atoms with Gasteiger partial charge in [-0.1, -0.05) is 19.3 Å². The second kappa shape index (κ2) is 2.57. The Morgan fingerprint density at radius 2 is 1.90 bits per heavy atom. The Hall–Kier alpha value is -0.590. The van der Waals surface area contributed by atoms with E-state index in [1.54, 1.807) is 0 Å². The van der Waals surface area contributed by atoms with E-state index in [4.69, 9.17) is 0 Å². The summed E-state index contributed by atoms with van der Waals surface area (Å²) < 4.78 is 0. The molecule has 1 aliphatic heterocycles. The highest BCUT2D eigenvalue weighted by Crippen LogP contribution is 2.26. The van der Waals surface area contributed by atoms with E-state index in [0.717, 1.165) is 5.92 Å². The highest BCUT2D eigenvalue weighted by Gasteiger charge is 2.18. The van der Waals surface area contributed by atoms with Crippen molar-refractivity contribution in [1.29, 1.82) is 0 Å². The van der Waals surface area contributed by atoms with E-state index in [1.165, 1.54) is 37.8 Å². The first-order valence-corrected chi connectivity index (χ1v) is 4.21. The van der Waals surface area contributed by atoms with Crippen LogP contribution in [0.25, 0.3) is 0 Å². The summed E-state index contributed by atoms with van der Waals surface area (Å²) in [4.78, 5) is 4.23. The number of hydrogen-bond acceptors (Lipinski definition) is 1. The third-order valence-electron chi connectivity index (χ3n) is 2.49. The first kappa shape index (κ1) is 6.14. The van der Waals surface area contributed by atoms with Crippen molar-refractivity contribution in [3.8, 4) is 0 Å². The van der Waals surface area contributed by atoms with Gasteiger partial charge in [0.25, 0.3) is 0 Å². The minimum Gasteiger partial charge on any atom is -0.261 e. The van der Waals surface area contributed by atoms with Gasteiger partial charge >= 0.3 is 0 Å². The summed E-state index contributed by atoms with van der Waals surface area (Å²) in [6.45, 7) is 0. The van der Waals surface area contributed by atoms with Crippen LogP contribution in [0.5, 0.6) is 0 Å². The fourth-order valence-corrected chi connectivity index (χ4v) is 1.80. The maximum atomic E-state index is 4.23. The minimum atomic E-state index is 0.818. The lowest BCUT2D eigenvalue weighted by Gasteiger charge is -2.23. The zero-order chi connectivity index (χ0) is 6.81. The first-order chi connectivity index (χ1) is 4.97. The van der Waals surface area contributed by atoms with Crippen molar-refractivity contribution in [1.82, 2.24) is 0 Å². The van der Waals surface area contributed by atoms with Crippen LogP contribution in [0.3, 0.4) is 0 Å². The lowest BCUT2D eigenvalue weighted by molar-refractivity contribution is 0.439. The fraction of sp³-hybridized carbons (Fsp3) is 0.667. The second-order valence-electron chi connectivity index (χ2n) is 3.20. The monoisotopic (exact) mass is 135 g/mol. The molecule has 1 saturated carbocycles. The number of hydrogen-bond donors (Lipinski definition) is 0. The molecule has 0 spiro atoms. The van der Waals surface area contributed by atoms with Gasteiger partial charge in [-0.05, 0) is 18.9 Å². The molecule has 0 aromatic carbocycles. The largest absolute Gasteiger partial charge is 0.261 e. The van der Waals surface area contributed by atoms with Crippen LogP contribution in [-0.4, -0.2) is 5.71 Å². The summed E-state index contributed by atoms with van der Waals surface area (Å²) >= 11 is 0. The molecule has 0 bridgehead atoms. The number of rotatable bonds is 1. The standard InChI is InChI=1S/C9H13N/c1-2-4-8(5-3-1)9-6-7-10-9/h6-8H,1-5H2. The lowest BCUT2D eigenvalue weighted by atomic mass is 9.85. The van der Waals surface area contributed by atoms with Gasteiger partial charge in [0.05, 0.1) is 0 Å². The number of allylic oxidation sites excluding steroid dienone is 1. The van der Waals surface area contributed by atoms with Crippen LogP contribution in [0.1, 0.15) is 32.1 Å². The molecule has 2 aliphatic rings. The van der Waals surface area contributed by atoms with Gasteiger partial charge in [0.2, 0.25) is 0 Å². The van der Waals surface area contributed by atoms with Crippen LogP contribution in [0.4, 0.5) is 0 Å². The van der Waals surface area contributed by atoms with E-state index < -0.39 is 0 Å². The Morgan fingerprint density at radius 3 is 2.40 bits per heavy atom. The average molecular weight is 135 g/mol. The Balaban J connectivity index is 1.91. The van der Waals surface area contributed by atoms with Gasteiger partial charge in [-0.15, -0.1) is 0 Å². The molecule has 2 rings (SSSR count). The van der Waals surface area contributed by atoms with E-state index in [9.17, 15) is 0 Å². The summed E-state index contributed by atoms with van der Waals surface area (Å²) in [5.41, 5.74) is 1.36. The van der Waals surface area contributed by atoms with Crippen LogP contribution < -0.4 is 0 Å². The van der Waals surface area contributed by atoms with Gasteiger partial charge in [0, 0.05) is 17.8 Å². The summed E-state index contributed by atoms with van der Waals surface area (Å²) in [7, 11) is 0. The predicted octanol–water partition coefficient (Wildman–Crippen LogP) is 2.54. The predicted molar refractivity (Wildman–Crippen MR) is 43.2 cm³/mol. The van der Waals surface area contributed by atoms with Gasteiger partial charge in [0.15, 0.2) is 0 Å². The Morgan fingerprint density at radius 1 is 1.20 bits per heavy atom. The van der Waals surface area contributed by atoms with Gasteiger partial charge in [0.1, 0.15) is 0 Å². The molecule has 0 saturated heterocycles. The van der Waals surface area contributed by atoms with Crippen molar-refractivity contribution in [3.05, 3.63) is 12.3 Å². The molecule has 0 atom stereocenters. The third-order valence-corrected chi connectivity index (χ3v) is 2.49. The van der Waals surface area contributed by atoms with Gasteiger partial charge < -0.3 is 0 Å². The van der Waals surface area contributed by atoms with Crippen LogP contribution in [0, 0.1) is 5.92 Å². The molecule has 1 aliphatic carbocycles. The van der Waals surface area contributed by atoms with Crippen molar-refractivity contribution in [3.63, 3.8) is 0 Å². The van der Waals surface area contributed by atoms with E-state index >= 15 is 0 Å². The first-order valence-electron chi connectivity index (χ1n) is 4.21. The normalized spacial score (nSPS) is 25.8. The van der Waals surface area contributed by atoms with E-state index in [2.05, 4.69) is 11.1 Å². The summed E-state index contributed by atoms with van der Waals surface area (Å²) in [6.07, 6.45) is 11.1. The van der Waals surface area contributed by atoms with Gasteiger partial charge in [-0.3, -0.25) is 4.99 Å². The molecule has 1 heteroatoms. The Labute approximate surface area is 61.9 Å². The van der Waals surface area contributed by atoms with Crippen LogP contribution in [-0.2, 0) is 0 Å².